The summed E-state index contributed by atoms with van der Waals surface area (Å²) in [5.74, 6) is -0.250. The molecule has 0 saturated carbocycles. The van der Waals surface area contributed by atoms with Crippen LogP contribution in [0, 0.1) is 5.92 Å². The third-order valence-electron chi connectivity index (χ3n) is 2.51. The van der Waals surface area contributed by atoms with Gasteiger partial charge in [-0.05, 0) is 18.6 Å². The molecule has 0 aliphatic carbocycles. The van der Waals surface area contributed by atoms with Gasteiger partial charge >= 0.3 is 0 Å². The normalized spacial score (nSPS) is 13.8. The fourth-order valence-electron chi connectivity index (χ4n) is 1.47. The third-order valence-corrected chi connectivity index (χ3v) is 2.51. The number of aromatic nitrogens is 1. The number of aliphatic hydroxyl groups excluding tert-OH is 1. The number of rotatable bonds is 6. The molecule has 0 unspecified atom stereocenters. The summed E-state index contributed by atoms with van der Waals surface area (Å²) in [5, 5.41) is 12.0. The molecule has 1 aromatic rings. The molecule has 0 saturated heterocycles. The fraction of sp³-hybridized carbons (Fsp3) is 0.385. The first kappa shape index (κ1) is 13.4. The van der Waals surface area contributed by atoms with E-state index in [4.69, 9.17) is 0 Å². The first-order valence-corrected chi connectivity index (χ1v) is 5.62. The van der Waals surface area contributed by atoms with E-state index in [1.54, 1.807) is 24.4 Å². The maximum atomic E-state index is 11.8. The largest absolute Gasteiger partial charge is 0.394 e. The van der Waals surface area contributed by atoms with Crippen LogP contribution in [0.25, 0.3) is 0 Å². The van der Waals surface area contributed by atoms with Gasteiger partial charge in [0.15, 0.2) is 0 Å². The van der Waals surface area contributed by atoms with Crippen LogP contribution in [-0.2, 0) is 4.79 Å². The minimum absolute atomic E-state index is 0.102. The highest BCUT2D eigenvalue weighted by Gasteiger charge is 2.18. The van der Waals surface area contributed by atoms with E-state index in [1.165, 1.54) is 0 Å². The molecule has 1 aromatic heterocycles. The summed E-state index contributed by atoms with van der Waals surface area (Å²) in [6, 6.07) is 4.94. The third kappa shape index (κ3) is 4.00. The average Bonchev–Trinajstić information content (AvgIpc) is 2.37. The summed E-state index contributed by atoms with van der Waals surface area (Å²) in [6.07, 6.45) is 3.96. The highest BCUT2D eigenvalue weighted by Crippen LogP contribution is 2.11. The molecule has 1 amide bonds. The molecule has 0 aliphatic heterocycles. The van der Waals surface area contributed by atoms with Crippen molar-refractivity contribution in [2.24, 2.45) is 5.92 Å². The molecule has 0 aliphatic rings. The molecule has 92 valence electrons. The lowest BCUT2D eigenvalue weighted by atomic mass is 10.1. The average molecular weight is 234 g/mol. The quantitative estimate of drug-likeness (QED) is 0.732. The van der Waals surface area contributed by atoms with Crippen LogP contribution in [0.1, 0.15) is 25.1 Å². The molecule has 0 radical (unpaired) electrons. The molecule has 1 rings (SSSR count). The van der Waals surface area contributed by atoms with Crippen molar-refractivity contribution >= 4 is 5.91 Å². The van der Waals surface area contributed by atoms with E-state index in [1.807, 2.05) is 13.0 Å². The second-order valence-corrected chi connectivity index (χ2v) is 3.92. The van der Waals surface area contributed by atoms with E-state index >= 15 is 0 Å². The van der Waals surface area contributed by atoms with Crippen molar-refractivity contribution in [1.82, 2.24) is 10.3 Å². The number of amides is 1. The van der Waals surface area contributed by atoms with Crippen LogP contribution in [0.2, 0.25) is 0 Å². The number of aliphatic hydroxyl groups is 1. The molecule has 0 spiro atoms. The Balaban J connectivity index is 2.64. The van der Waals surface area contributed by atoms with Crippen LogP contribution in [0.5, 0.6) is 0 Å². The van der Waals surface area contributed by atoms with Gasteiger partial charge in [-0.25, -0.2) is 0 Å². The van der Waals surface area contributed by atoms with Gasteiger partial charge in [-0.2, -0.15) is 0 Å². The van der Waals surface area contributed by atoms with Gasteiger partial charge in [0.1, 0.15) is 0 Å². The van der Waals surface area contributed by atoms with E-state index in [-0.39, 0.29) is 18.4 Å². The molecule has 2 atom stereocenters. The van der Waals surface area contributed by atoms with Crippen LogP contribution in [0.4, 0.5) is 0 Å². The van der Waals surface area contributed by atoms with Gasteiger partial charge in [0.2, 0.25) is 5.91 Å². The van der Waals surface area contributed by atoms with Gasteiger partial charge in [0, 0.05) is 12.1 Å². The highest BCUT2D eigenvalue weighted by molar-refractivity contribution is 5.78. The van der Waals surface area contributed by atoms with E-state index in [0.717, 1.165) is 0 Å². The number of hydrogen-bond acceptors (Lipinski definition) is 3. The van der Waals surface area contributed by atoms with Crippen molar-refractivity contribution in [1.29, 1.82) is 0 Å². The molecular formula is C13H18N2O2. The second-order valence-electron chi connectivity index (χ2n) is 3.92. The Bertz CT molecular complexity index is 365. The van der Waals surface area contributed by atoms with Crippen molar-refractivity contribution in [3.05, 3.63) is 42.7 Å². The summed E-state index contributed by atoms with van der Waals surface area (Å²) >= 11 is 0. The second kappa shape index (κ2) is 6.81. The van der Waals surface area contributed by atoms with Gasteiger partial charge in [-0.3, -0.25) is 9.78 Å². The zero-order chi connectivity index (χ0) is 12.7. The Kier molecular flexibility index (Phi) is 5.36. The minimum atomic E-state index is -0.448. The topological polar surface area (TPSA) is 62.2 Å². The maximum absolute atomic E-state index is 11.8. The first-order chi connectivity index (χ1) is 8.19. The molecule has 4 nitrogen and oxygen atoms in total. The maximum Gasteiger partial charge on any atom is 0.223 e. The lowest BCUT2D eigenvalue weighted by Gasteiger charge is -2.18. The first-order valence-electron chi connectivity index (χ1n) is 5.62. The minimum Gasteiger partial charge on any atom is -0.394 e. The van der Waals surface area contributed by atoms with Gasteiger partial charge in [0.25, 0.3) is 0 Å². The number of nitrogens with one attached hydrogen (secondary N) is 1. The number of allylic oxidation sites excluding steroid dienone is 1. The van der Waals surface area contributed by atoms with Crippen molar-refractivity contribution in [2.75, 3.05) is 6.61 Å². The monoisotopic (exact) mass is 234 g/mol. The molecule has 0 fully saturated rings. The summed E-state index contributed by atoms with van der Waals surface area (Å²) < 4.78 is 0. The SMILES string of the molecule is C=CC[C@H](C)C(=O)N[C@@H](CO)c1ccccn1. The van der Waals surface area contributed by atoms with Crippen LogP contribution in [-0.4, -0.2) is 22.6 Å². The standard InChI is InChI=1S/C13H18N2O2/c1-3-6-10(2)13(17)15-12(9-16)11-7-4-5-8-14-11/h3-5,7-8,10,12,16H,1,6,9H2,2H3,(H,15,17)/t10-,12-/m0/s1. The predicted molar refractivity (Wildman–Crippen MR) is 66.2 cm³/mol. The van der Waals surface area contributed by atoms with E-state index in [0.29, 0.717) is 12.1 Å². The van der Waals surface area contributed by atoms with Gasteiger partial charge in [-0.1, -0.05) is 19.1 Å². The van der Waals surface area contributed by atoms with Crippen molar-refractivity contribution < 1.29 is 9.90 Å². The Labute approximate surface area is 101 Å². The summed E-state index contributed by atoms with van der Waals surface area (Å²) in [4.78, 5) is 15.9. The molecule has 1 heterocycles. The van der Waals surface area contributed by atoms with Crippen LogP contribution < -0.4 is 5.32 Å². The van der Waals surface area contributed by atoms with E-state index in [9.17, 15) is 9.90 Å². The summed E-state index contributed by atoms with van der Waals surface area (Å²) in [7, 11) is 0. The van der Waals surface area contributed by atoms with Crippen molar-refractivity contribution in [2.45, 2.75) is 19.4 Å². The molecule has 2 N–H and O–H groups in total. The van der Waals surface area contributed by atoms with Crippen molar-refractivity contribution in [3.63, 3.8) is 0 Å². The smallest absolute Gasteiger partial charge is 0.223 e. The highest BCUT2D eigenvalue weighted by atomic mass is 16.3. The Morgan fingerprint density at radius 2 is 2.41 bits per heavy atom. The Morgan fingerprint density at radius 1 is 1.65 bits per heavy atom. The fourth-order valence-corrected chi connectivity index (χ4v) is 1.47. The van der Waals surface area contributed by atoms with Gasteiger partial charge < -0.3 is 10.4 Å². The summed E-state index contributed by atoms with van der Waals surface area (Å²) in [6.45, 7) is 5.26. The van der Waals surface area contributed by atoms with Gasteiger partial charge in [0.05, 0.1) is 18.3 Å². The van der Waals surface area contributed by atoms with Gasteiger partial charge in [-0.15, -0.1) is 6.58 Å². The van der Waals surface area contributed by atoms with Crippen LogP contribution in [0.15, 0.2) is 37.1 Å². The van der Waals surface area contributed by atoms with Crippen molar-refractivity contribution in [3.8, 4) is 0 Å². The molecule has 0 aromatic carbocycles. The Hall–Kier alpha value is -1.68. The molecule has 4 heteroatoms. The lowest BCUT2D eigenvalue weighted by Crippen LogP contribution is -2.34. The number of carbonyl (C=O) groups excluding carboxylic acids is 1. The zero-order valence-corrected chi connectivity index (χ0v) is 9.97. The Morgan fingerprint density at radius 3 is 2.94 bits per heavy atom. The lowest BCUT2D eigenvalue weighted by molar-refractivity contribution is -0.125. The number of pyridine rings is 1. The predicted octanol–water partition coefficient (Wildman–Crippen LogP) is 1.44. The number of carbonyl (C=O) groups is 1. The number of hydrogen-bond donors (Lipinski definition) is 2. The van der Waals surface area contributed by atoms with E-state index in [2.05, 4.69) is 16.9 Å². The van der Waals surface area contributed by atoms with Crippen LogP contribution >= 0.6 is 0 Å². The zero-order valence-electron chi connectivity index (χ0n) is 9.97. The number of nitrogens with zero attached hydrogens (tertiary/aromatic N) is 1. The van der Waals surface area contributed by atoms with Crippen LogP contribution in [0.3, 0.4) is 0 Å². The van der Waals surface area contributed by atoms with E-state index < -0.39 is 6.04 Å². The molecule has 0 bridgehead atoms. The molecule has 17 heavy (non-hydrogen) atoms. The molecular weight excluding hydrogens is 216 g/mol. The summed E-state index contributed by atoms with van der Waals surface area (Å²) in [5.41, 5.74) is 0.661.